The van der Waals surface area contributed by atoms with E-state index >= 15 is 0 Å². The molecule has 2 saturated heterocycles. The second-order valence-corrected chi connectivity index (χ2v) is 10.3. The standard InChI is InChI=1S/C24H30ClN3O3/c1-16-26-8-11-28(16)14-21(29)27-9-6-24(7-10-27)13-19-22(30-15-24)18-5-4-17(25)12-20(18)31-23(19,2)3/h4-5,8,11-12,19,22H,6-7,9-10,13-15H2,1-3H3. The van der Waals surface area contributed by atoms with E-state index in [1.807, 2.05) is 40.8 Å². The molecule has 5 rings (SSSR count). The number of piperidine rings is 1. The van der Waals surface area contributed by atoms with E-state index in [9.17, 15) is 4.79 Å². The molecule has 6 nitrogen and oxygen atoms in total. The molecule has 0 N–H and O–H groups in total. The number of amides is 1. The summed E-state index contributed by atoms with van der Waals surface area (Å²) in [5, 5.41) is 0.684. The maximum Gasteiger partial charge on any atom is 0.242 e. The van der Waals surface area contributed by atoms with E-state index in [4.69, 9.17) is 21.1 Å². The molecule has 1 aromatic carbocycles. The minimum Gasteiger partial charge on any atom is -0.487 e. The van der Waals surface area contributed by atoms with Crippen molar-refractivity contribution in [1.82, 2.24) is 14.5 Å². The molecule has 0 bridgehead atoms. The maximum absolute atomic E-state index is 12.8. The van der Waals surface area contributed by atoms with E-state index in [-0.39, 0.29) is 28.9 Å². The smallest absolute Gasteiger partial charge is 0.242 e. The molecule has 3 aliphatic heterocycles. The predicted octanol–water partition coefficient (Wildman–Crippen LogP) is 4.40. The summed E-state index contributed by atoms with van der Waals surface area (Å²) in [6.07, 6.45) is 6.62. The van der Waals surface area contributed by atoms with E-state index in [2.05, 4.69) is 18.8 Å². The van der Waals surface area contributed by atoms with Crippen LogP contribution in [0.3, 0.4) is 0 Å². The first-order chi connectivity index (χ1) is 14.8. The zero-order chi connectivity index (χ0) is 21.8. The average molecular weight is 444 g/mol. The van der Waals surface area contributed by atoms with Crippen molar-refractivity contribution in [2.24, 2.45) is 11.3 Å². The van der Waals surface area contributed by atoms with Gasteiger partial charge in [0.25, 0.3) is 0 Å². The summed E-state index contributed by atoms with van der Waals surface area (Å²) in [6.45, 7) is 8.89. The Morgan fingerprint density at radius 2 is 2.06 bits per heavy atom. The number of carbonyl (C=O) groups is 1. The number of nitrogens with zero attached hydrogens (tertiary/aromatic N) is 3. The Hall–Kier alpha value is -2.05. The second-order valence-electron chi connectivity index (χ2n) is 9.91. The van der Waals surface area contributed by atoms with E-state index in [0.29, 0.717) is 11.6 Å². The van der Waals surface area contributed by atoms with Gasteiger partial charge in [0, 0.05) is 42.0 Å². The molecule has 2 atom stereocenters. The van der Waals surface area contributed by atoms with Gasteiger partial charge in [-0.15, -0.1) is 0 Å². The number of hydrogen-bond donors (Lipinski definition) is 0. The Balaban J connectivity index is 1.28. The number of carbonyl (C=O) groups excluding carboxylic acids is 1. The van der Waals surface area contributed by atoms with Gasteiger partial charge in [-0.25, -0.2) is 4.98 Å². The van der Waals surface area contributed by atoms with Crippen molar-refractivity contribution in [3.05, 3.63) is 47.0 Å². The molecule has 2 unspecified atom stereocenters. The van der Waals surface area contributed by atoms with Gasteiger partial charge in [0.1, 0.15) is 23.7 Å². The van der Waals surface area contributed by atoms with Crippen molar-refractivity contribution in [2.75, 3.05) is 19.7 Å². The first kappa shape index (κ1) is 20.8. The summed E-state index contributed by atoms with van der Waals surface area (Å²) in [6, 6.07) is 5.86. The van der Waals surface area contributed by atoms with Crippen molar-refractivity contribution in [3.63, 3.8) is 0 Å². The maximum atomic E-state index is 12.8. The molecule has 7 heteroatoms. The Bertz CT molecular complexity index is 994. The van der Waals surface area contributed by atoms with Crippen LogP contribution in [-0.2, 0) is 16.1 Å². The highest BCUT2D eigenvalue weighted by molar-refractivity contribution is 6.30. The number of halogens is 1. The summed E-state index contributed by atoms with van der Waals surface area (Å²) in [4.78, 5) is 19.0. The van der Waals surface area contributed by atoms with Gasteiger partial charge >= 0.3 is 0 Å². The van der Waals surface area contributed by atoms with E-state index in [1.54, 1.807) is 6.20 Å². The normalized spacial score (nSPS) is 26.1. The zero-order valence-electron chi connectivity index (χ0n) is 18.4. The molecule has 3 aliphatic rings. The molecule has 4 heterocycles. The van der Waals surface area contributed by atoms with E-state index in [0.717, 1.165) is 56.1 Å². The fourth-order valence-electron chi connectivity index (χ4n) is 5.52. The molecule has 2 fully saturated rings. The lowest BCUT2D eigenvalue weighted by Gasteiger charge is -2.54. The van der Waals surface area contributed by atoms with Crippen LogP contribution in [0.15, 0.2) is 30.6 Å². The van der Waals surface area contributed by atoms with Crippen LogP contribution in [0.2, 0.25) is 5.02 Å². The largest absolute Gasteiger partial charge is 0.487 e. The number of ether oxygens (including phenoxy) is 2. The summed E-state index contributed by atoms with van der Waals surface area (Å²) < 4.78 is 14.8. The molecular weight excluding hydrogens is 414 g/mol. The molecule has 2 aromatic rings. The van der Waals surface area contributed by atoms with Crippen LogP contribution >= 0.6 is 11.6 Å². The van der Waals surface area contributed by atoms with Gasteiger partial charge in [0.15, 0.2) is 0 Å². The lowest BCUT2D eigenvalue weighted by Crippen LogP contribution is -2.54. The van der Waals surface area contributed by atoms with Crippen LogP contribution in [-0.4, -0.2) is 45.7 Å². The lowest BCUT2D eigenvalue weighted by molar-refractivity contribution is -0.176. The monoisotopic (exact) mass is 443 g/mol. The highest BCUT2D eigenvalue weighted by Crippen LogP contribution is 2.55. The molecule has 1 spiro atoms. The molecule has 0 saturated carbocycles. The van der Waals surface area contributed by atoms with Crippen molar-refractivity contribution in [2.45, 2.75) is 58.3 Å². The molecule has 31 heavy (non-hydrogen) atoms. The number of rotatable bonds is 2. The quantitative estimate of drug-likeness (QED) is 0.690. The molecule has 0 radical (unpaired) electrons. The summed E-state index contributed by atoms with van der Waals surface area (Å²) in [5.74, 6) is 2.14. The molecule has 0 aliphatic carbocycles. The van der Waals surface area contributed by atoms with Crippen LogP contribution in [0.25, 0.3) is 0 Å². The van der Waals surface area contributed by atoms with Gasteiger partial charge in [0.2, 0.25) is 5.91 Å². The van der Waals surface area contributed by atoms with Gasteiger partial charge in [-0.1, -0.05) is 17.7 Å². The summed E-state index contributed by atoms with van der Waals surface area (Å²) >= 11 is 6.20. The average Bonchev–Trinajstić information content (AvgIpc) is 3.13. The van der Waals surface area contributed by atoms with Crippen molar-refractivity contribution in [1.29, 1.82) is 0 Å². The van der Waals surface area contributed by atoms with E-state index < -0.39 is 0 Å². The Morgan fingerprint density at radius 3 is 2.77 bits per heavy atom. The van der Waals surface area contributed by atoms with Crippen LogP contribution in [0.4, 0.5) is 0 Å². The summed E-state index contributed by atoms with van der Waals surface area (Å²) in [7, 11) is 0. The zero-order valence-corrected chi connectivity index (χ0v) is 19.2. The third kappa shape index (κ3) is 3.74. The summed E-state index contributed by atoms with van der Waals surface area (Å²) in [5.41, 5.74) is 0.877. The van der Waals surface area contributed by atoms with Crippen LogP contribution < -0.4 is 4.74 Å². The Kier molecular flexibility index (Phi) is 5.05. The van der Waals surface area contributed by atoms with Gasteiger partial charge < -0.3 is 18.9 Å². The van der Waals surface area contributed by atoms with Crippen molar-refractivity contribution >= 4 is 17.5 Å². The first-order valence-electron chi connectivity index (χ1n) is 11.1. The Morgan fingerprint density at radius 1 is 1.29 bits per heavy atom. The first-order valence-corrected chi connectivity index (χ1v) is 11.5. The van der Waals surface area contributed by atoms with Gasteiger partial charge in [-0.3, -0.25) is 4.79 Å². The third-order valence-electron chi connectivity index (χ3n) is 7.54. The van der Waals surface area contributed by atoms with E-state index in [1.165, 1.54) is 0 Å². The number of hydrogen-bond acceptors (Lipinski definition) is 4. The number of imidazole rings is 1. The minimum absolute atomic E-state index is 0.0329. The van der Waals surface area contributed by atoms with Crippen molar-refractivity contribution < 1.29 is 14.3 Å². The van der Waals surface area contributed by atoms with Gasteiger partial charge in [-0.2, -0.15) is 0 Å². The van der Waals surface area contributed by atoms with Crippen LogP contribution in [0.5, 0.6) is 5.75 Å². The number of fused-ring (bicyclic) bond motifs is 3. The fraction of sp³-hybridized carbons (Fsp3) is 0.583. The lowest BCUT2D eigenvalue weighted by atomic mass is 9.64. The molecular formula is C24H30ClN3O3. The number of aryl methyl sites for hydroxylation is 1. The molecule has 1 amide bonds. The topological polar surface area (TPSA) is 56.6 Å². The number of aromatic nitrogens is 2. The number of benzene rings is 1. The molecule has 1 aromatic heterocycles. The highest BCUT2D eigenvalue weighted by atomic mass is 35.5. The SMILES string of the molecule is Cc1nccn1CC(=O)N1CCC2(CC1)COC1c3ccc(Cl)cc3OC(C)(C)C1C2. The van der Waals surface area contributed by atoms with Gasteiger partial charge in [-0.05, 0) is 57.6 Å². The van der Waals surface area contributed by atoms with Crippen LogP contribution in [0.1, 0.15) is 50.6 Å². The number of likely N-dealkylation sites (tertiary alicyclic amines) is 1. The molecule has 166 valence electrons. The fourth-order valence-corrected chi connectivity index (χ4v) is 5.68. The van der Waals surface area contributed by atoms with Crippen LogP contribution in [0, 0.1) is 18.3 Å². The predicted molar refractivity (Wildman–Crippen MR) is 118 cm³/mol. The second kappa shape index (κ2) is 7.52. The minimum atomic E-state index is -0.332. The highest BCUT2D eigenvalue weighted by Gasteiger charge is 2.52. The van der Waals surface area contributed by atoms with Gasteiger partial charge in [0.05, 0.1) is 12.7 Å². The third-order valence-corrected chi connectivity index (χ3v) is 7.78. The van der Waals surface area contributed by atoms with Crippen molar-refractivity contribution in [3.8, 4) is 5.75 Å². The Labute approximate surface area is 188 Å².